The highest BCUT2D eigenvalue weighted by Gasteiger charge is 2.12. The van der Waals surface area contributed by atoms with Gasteiger partial charge in [-0.1, -0.05) is 18.2 Å². The molecule has 0 saturated carbocycles. The number of hydrogen-bond acceptors (Lipinski definition) is 3. The van der Waals surface area contributed by atoms with E-state index in [9.17, 15) is 9.59 Å². The minimum Gasteiger partial charge on any atom is -0.478 e. The molecule has 0 atom stereocenters. The Hall–Kier alpha value is -2.89. The summed E-state index contributed by atoms with van der Waals surface area (Å²) in [5, 5.41) is 13.9. The Morgan fingerprint density at radius 1 is 1.00 bits per heavy atom. The average Bonchev–Trinajstić information content (AvgIpc) is 2.40. The lowest BCUT2D eigenvalue weighted by atomic mass is 10.2. The van der Waals surface area contributed by atoms with Crippen molar-refractivity contribution >= 4 is 23.5 Å². The van der Waals surface area contributed by atoms with Crippen LogP contribution in [0.2, 0.25) is 0 Å². The van der Waals surface area contributed by atoms with Crippen LogP contribution in [0, 0.1) is 0 Å². The van der Waals surface area contributed by atoms with Gasteiger partial charge in [0.05, 0.1) is 0 Å². The minimum absolute atomic E-state index is 0.00318. The van der Waals surface area contributed by atoms with Crippen molar-refractivity contribution in [1.82, 2.24) is 4.98 Å². The molecular formula is C13H11N3O3. The summed E-state index contributed by atoms with van der Waals surface area (Å²) in [7, 11) is 0. The molecule has 2 rings (SSSR count). The van der Waals surface area contributed by atoms with Gasteiger partial charge in [0, 0.05) is 11.9 Å². The Kier molecular flexibility index (Phi) is 3.72. The van der Waals surface area contributed by atoms with Crippen molar-refractivity contribution in [2.75, 3.05) is 10.6 Å². The lowest BCUT2D eigenvalue weighted by Gasteiger charge is -2.08. The van der Waals surface area contributed by atoms with Crippen molar-refractivity contribution in [3.63, 3.8) is 0 Å². The van der Waals surface area contributed by atoms with Crippen molar-refractivity contribution in [3.8, 4) is 0 Å². The van der Waals surface area contributed by atoms with E-state index in [-0.39, 0.29) is 11.4 Å². The van der Waals surface area contributed by atoms with E-state index >= 15 is 0 Å². The van der Waals surface area contributed by atoms with Crippen LogP contribution in [0.25, 0.3) is 0 Å². The summed E-state index contributed by atoms with van der Waals surface area (Å²) < 4.78 is 0. The predicted molar refractivity (Wildman–Crippen MR) is 70.3 cm³/mol. The fourth-order valence-electron chi connectivity index (χ4n) is 1.47. The van der Waals surface area contributed by atoms with Crippen LogP contribution in [0.15, 0.2) is 48.7 Å². The van der Waals surface area contributed by atoms with Crippen LogP contribution >= 0.6 is 0 Å². The van der Waals surface area contributed by atoms with Gasteiger partial charge in [0.2, 0.25) is 0 Å². The first-order valence-electron chi connectivity index (χ1n) is 5.48. The number of carbonyl (C=O) groups excluding carboxylic acids is 1. The lowest BCUT2D eigenvalue weighted by molar-refractivity contribution is 0.0697. The second kappa shape index (κ2) is 5.63. The molecule has 0 bridgehead atoms. The maximum atomic E-state index is 11.7. The minimum atomic E-state index is -1.15. The molecule has 0 aliphatic carbocycles. The number of rotatable bonds is 3. The van der Waals surface area contributed by atoms with E-state index in [1.165, 1.54) is 18.3 Å². The zero-order valence-corrected chi connectivity index (χ0v) is 9.83. The number of para-hydroxylation sites is 1. The van der Waals surface area contributed by atoms with Crippen molar-refractivity contribution in [2.45, 2.75) is 0 Å². The first-order valence-corrected chi connectivity index (χ1v) is 5.48. The number of benzene rings is 1. The van der Waals surface area contributed by atoms with Gasteiger partial charge in [-0.05, 0) is 24.3 Å². The highest BCUT2D eigenvalue weighted by Crippen LogP contribution is 2.12. The molecule has 96 valence electrons. The molecule has 2 amide bonds. The number of urea groups is 1. The molecule has 19 heavy (non-hydrogen) atoms. The molecule has 0 radical (unpaired) electrons. The third kappa shape index (κ3) is 3.29. The van der Waals surface area contributed by atoms with E-state index in [0.717, 1.165) is 0 Å². The second-order valence-electron chi connectivity index (χ2n) is 3.65. The molecule has 1 aromatic heterocycles. The number of nitrogens with zero attached hydrogens (tertiary/aromatic N) is 1. The quantitative estimate of drug-likeness (QED) is 0.787. The van der Waals surface area contributed by atoms with Gasteiger partial charge in [0.15, 0.2) is 0 Å². The van der Waals surface area contributed by atoms with Crippen LogP contribution in [0.4, 0.5) is 16.3 Å². The number of aromatic nitrogens is 1. The maximum Gasteiger partial charge on any atom is 0.339 e. The number of nitrogens with one attached hydrogen (secondary N) is 2. The summed E-state index contributed by atoms with van der Waals surface area (Å²) in [5.74, 6) is -1.15. The Labute approximate surface area is 109 Å². The molecule has 0 spiro atoms. The normalized spacial score (nSPS) is 9.68. The van der Waals surface area contributed by atoms with Crippen molar-refractivity contribution in [3.05, 3.63) is 54.2 Å². The number of amides is 2. The fourth-order valence-corrected chi connectivity index (χ4v) is 1.47. The van der Waals surface area contributed by atoms with E-state index in [1.807, 2.05) is 6.07 Å². The van der Waals surface area contributed by atoms with Gasteiger partial charge in [0.1, 0.15) is 11.4 Å². The largest absolute Gasteiger partial charge is 0.478 e. The molecule has 0 saturated heterocycles. The van der Waals surface area contributed by atoms with Gasteiger partial charge in [-0.2, -0.15) is 0 Å². The number of carboxylic acids is 1. The fraction of sp³-hybridized carbons (Fsp3) is 0. The van der Waals surface area contributed by atoms with Crippen LogP contribution < -0.4 is 10.6 Å². The van der Waals surface area contributed by atoms with E-state index in [0.29, 0.717) is 5.69 Å². The molecule has 0 unspecified atom stereocenters. The number of carbonyl (C=O) groups is 2. The Balaban J connectivity index is 2.09. The van der Waals surface area contributed by atoms with Gasteiger partial charge < -0.3 is 10.4 Å². The summed E-state index contributed by atoms with van der Waals surface area (Å²) >= 11 is 0. The topological polar surface area (TPSA) is 91.3 Å². The lowest BCUT2D eigenvalue weighted by Crippen LogP contribution is -2.21. The van der Waals surface area contributed by atoms with Crippen LogP contribution in [0.5, 0.6) is 0 Å². The van der Waals surface area contributed by atoms with Gasteiger partial charge in [-0.15, -0.1) is 0 Å². The van der Waals surface area contributed by atoms with Gasteiger partial charge in [-0.25, -0.2) is 14.6 Å². The molecule has 0 aliphatic heterocycles. The molecule has 1 heterocycles. The molecule has 6 nitrogen and oxygen atoms in total. The van der Waals surface area contributed by atoms with Gasteiger partial charge in [-0.3, -0.25) is 5.32 Å². The van der Waals surface area contributed by atoms with Gasteiger partial charge >= 0.3 is 12.0 Å². The Morgan fingerprint density at radius 2 is 1.74 bits per heavy atom. The van der Waals surface area contributed by atoms with Crippen LogP contribution in [0.1, 0.15) is 10.4 Å². The SMILES string of the molecule is O=C(Nc1ccccc1)Nc1ncccc1C(=O)O. The summed E-state index contributed by atoms with van der Waals surface area (Å²) in [4.78, 5) is 26.5. The molecular weight excluding hydrogens is 246 g/mol. The zero-order valence-electron chi connectivity index (χ0n) is 9.83. The first-order chi connectivity index (χ1) is 9.16. The molecule has 3 N–H and O–H groups in total. The molecule has 2 aromatic rings. The smallest absolute Gasteiger partial charge is 0.339 e. The number of anilines is 2. The zero-order chi connectivity index (χ0) is 13.7. The second-order valence-corrected chi connectivity index (χ2v) is 3.65. The highest BCUT2D eigenvalue weighted by atomic mass is 16.4. The number of aromatic carboxylic acids is 1. The molecule has 1 aromatic carbocycles. The van der Waals surface area contributed by atoms with Crippen molar-refractivity contribution in [1.29, 1.82) is 0 Å². The number of carboxylic acid groups (broad SMARTS) is 1. The van der Waals surface area contributed by atoms with Crippen molar-refractivity contribution in [2.24, 2.45) is 0 Å². The number of pyridine rings is 1. The van der Waals surface area contributed by atoms with Gasteiger partial charge in [0.25, 0.3) is 0 Å². The number of hydrogen-bond donors (Lipinski definition) is 3. The molecule has 0 fully saturated rings. The van der Waals surface area contributed by atoms with Crippen LogP contribution in [-0.2, 0) is 0 Å². The van der Waals surface area contributed by atoms with E-state index in [2.05, 4.69) is 15.6 Å². The summed E-state index contributed by atoms with van der Waals surface area (Å²) in [6, 6.07) is 11.1. The summed E-state index contributed by atoms with van der Waals surface area (Å²) in [5.41, 5.74) is 0.540. The third-order valence-corrected chi connectivity index (χ3v) is 2.30. The predicted octanol–water partition coefficient (Wildman–Crippen LogP) is 2.42. The summed E-state index contributed by atoms with van der Waals surface area (Å²) in [6.07, 6.45) is 1.41. The highest BCUT2D eigenvalue weighted by molar-refractivity contribution is 6.03. The molecule has 0 aliphatic rings. The van der Waals surface area contributed by atoms with E-state index < -0.39 is 12.0 Å². The van der Waals surface area contributed by atoms with E-state index in [4.69, 9.17) is 5.11 Å². The summed E-state index contributed by atoms with van der Waals surface area (Å²) in [6.45, 7) is 0. The first kappa shape index (κ1) is 12.6. The van der Waals surface area contributed by atoms with Crippen LogP contribution in [0.3, 0.4) is 0 Å². The standard InChI is InChI=1S/C13H11N3O3/c17-12(18)10-7-4-8-14-11(10)16-13(19)15-9-5-2-1-3-6-9/h1-8H,(H,17,18)(H2,14,15,16,19). The van der Waals surface area contributed by atoms with E-state index in [1.54, 1.807) is 24.3 Å². The maximum absolute atomic E-state index is 11.7. The third-order valence-electron chi connectivity index (χ3n) is 2.30. The molecule has 6 heteroatoms. The monoisotopic (exact) mass is 257 g/mol. The Morgan fingerprint density at radius 3 is 2.42 bits per heavy atom. The average molecular weight is 257 g/mol. The Bertz CT molecular complexity index is 599. The van der Waals surface area contributed by atoms with Crippen LogP contribution in [-0.4, -0.2) is 22.1 Å². The van der Waals surface area contributed by atoms with Crippen molar-refractivity contribution < 1.29 is 14.7 Å².